The Morgan fingerprint density at radius 1 is 0.600 bits per heavy atom. The number of hydrogen-bond donors (Lipinski definition) is 0. The van der Waals surface area contributed by atoms with Crippen molar-refractivity contribution in [1.82, 2.24) is 0 Å². The van der Waals surface area contributed by atoms with E-state index in [0.717, 1.165) is 0 Å². The molecule has 0 aliphatic carbocycles. The van der Waals surface area contributed by atoms with Gasteiger partial charge in [0, 0.05) is 36.5 Å². The van der Waals surface area contributed by atoms with Gasteiger partial charge in [0.05, 0.1) is 24.4 Å². The second kappa shape index (κ2) is 18.5. The number of esters is 4. The molecule has 50 heavy (non-hydrogen) atoms. The lowest BCUT2D eigenvalue weighted by Crippen LogP contribution is -2.16. The summed E-state index contributed by atoms with van der Waals surface area (Å²) < 4.78 is 37.8. The van der Waals surface area contributed by atoms with Gasteiger partial charge in [0.15, 0.2) is 0 Å². The second-order valence-corrected chi connectivity index (χ2v) is 10.8. The van der Waals surface area contributed by atoms with Crippen LogP contribution in [0, 0.1) is 0 Å². The lowest BCUT2D eigenvalue weighted by atomic mass is 10.0. The Balaban J connectivity index is 2.00. The minimum absolute atomic E-state index is 0.0580. The molecule has 0 aromatic heterocycles. The minimum atomic E-state index is -0.742. The summed E-state index contributed by atoms with van der Waals surface area (Å²) in [7, 11) is 2.84. The average Bonchev–Trinajstić information content (AvgIpc) is 3.08. The first-order valence-corrected chi connectivity index (χ1v) is 15.0. The Morgan fingerprint density at radius 3 is 1.54 bits per heavy atom. The molecule has 0 heterocycles. The van der Waals surface area contributed by atoms with Gasteiger partial charge in [-0.05, 0) is 74.0 Å². The lowest BCUT2D eigenvalue weighted by Gasteiger charge is -2.16. The van der Waals surface area contributed by atoms with Gasteiger partial charge in [0.1, 0.15) is 35.4 Å². The molecule has 260 valence electrons. The van der Waals surface area contributed by atoms with E-state index < -0.39 is 23.9 Å². The maximum absolute atomic E-state index is 12.9. The molecule has 3 aromatic rings. The Bertz CT molecular complexity index is 1810. The number of methoxy groups -OCH3 is 2. The molecule has 0 N–H and O–H groups in total. The predicted molar refractivity (Wildman–Crippen MR) is 187 cm³/mol. The molecule has 0 amide bonds. The number of hydrogen-bond acceptors (Lipinski definition) is 11. The van der Waals surface area contributed by atoms with E-state index in [1.165, 1.54) is 33.3 Å². The fourth-order valence-corrected chi connectivity index (χ4v) is 3.93. The van der Waals surface area contributed by atoms with Crippen molar-refractivity contribution in [2.24, 2.45) is 0 Å². The van der Waals surface area contributed by atoms with Crippen LogP contribution in [0.3, 0.4) is 0 Å². The lowest BCUT2D eigenvalue weighted by molar-refractivity contribution is -0.131. The first-order chi connectivity index (χ1) is 23.8. The zero-order valence-corrected chi connectivity index (χ0v) is 28.4. The highest BCUT2D eigenvalue weighted by atomic mass is 16.6. The van der Waals surface area contributed by atoms with Crippen molar-refractivity contribution < 1.29 is 52.3 Å². The smallest absolute Gasteiger partial charge is 0.341 e. The predicted octanol–water partition coefficient (Wildman–Crippen LogP) is 6.62. The van der Waals surface area contributed by atoms with Crippen LogP contribution in [-0.4, -0.2) is 57.9 Å². The molecular weight excluding hydrogens is 644 g/mol. The fraction of sp³-hybridized carbons (Fsp3) is 0.179. The van der Waals surface area contributed by atoms with Gasteiger partial charge in [-0.15, -0.1) is 0 Å². The molecule has 3 rings (SSSR count). The van der Waals surface area contributed by atoms with Crippen molar-refractivity contribution in [2.45, 2.75) is 13.8 Å². The second-order valence-electron chi connectivity index (χ2n) is 10.8. The van der Waals surface area contributed by atoms with Crippen LogP contribution in [0.2, 0.25) is 0 Å². The van der Waals surface area contributed by atoms with Crippen LogP contribution in [-0.2, 0) is 28.7 Å². The van der Waals surface area contributed by atoms with Gasteiger partial charge in [-0.2, -0.15) is 0 Å². The summed E-state index contributed by atoms with van der Waals surface area (Å²) >= 11 is 0. The highest BCUT2D eigenvalue weighted by molar-refractivity contribution is 5.93. The van der Waals surface area contributed by atoms with E-state index in [2.05, 4.69) is 26.3 Å². The van der Waals surface area contributed by atoms with E-state index in [1.807, 2.05) is 0 Å². The zero-order valence-electron chi connectivity index (χ0n) is 28.4. The summed E-state index contributed by atoms with van der Waals surface area (Å²) in [5, 5.41) is 0. The topological polar surface area (TPSA) is 133 Å². The summed E-state index contributed by atoms with van der Waals surface area (Å²) in [5.41, 5.74) is 1.89. The molecule has 0 atom stereocenters. The molecule has 3 aromatic carbocycles. The minimum Gasteiger partial charge on any atom is -0.490 e. The standard InChI is InChI=1S/C39H38O11/c1-24(2)36(40)47-31-13-11-28(12-14-31)33-21-34(49-38(42)26(5)22-44-7)29(20-35(33)50-39(43)27(6)23-45-8)10-9-19-46-30-15-17-32(18-16-30)48-37(41)25(3)4/h9-18,20-21H,1,3,5-6,19,22-23H2,2,4,7-8H3/b10-9+. The third-order valence-electron chi connectivity index (χ3n) is 6.48. The first kappa shape index (κ1) is 38.4. The van der Waals surface area contributed by atoms with Crippen LogP contribution < -0.4 is 23.7 Å². The van der Waals surface area contributed by atoms with Crippen molar-refractivity contribution in [3.8, 4) is 39.9 Å². The van der Waals surface area contributed by atoms with E-state index in [4.69, 9.17) is 33.2 Å². The molecule has 0 bridgehead atoms. The molecular formula is C39H38O11. The van der Waals surface area contributed by atoms with Crippen molar-refractivity contribution in [3.05, 3.63) is 121 Å². The van der Waals surface area contributed by atoms with Gasteiger partial charge >= 0.3 is 23.9 Å². The Hall–Kier alpha value is -6.04. The number of carbonyl (C=O) groups is 4. The first-order valence-electron chi connectivity index (χ1n) is 15.0. The average molecular weight is 683 g/mol. The van der Waals surface area contributed by atoms with Crippen molar-refractivity contribution in [3.63, 3.8) is 0 Å². The summed E-state index contributed by atoms with van der Waals surface area (Å²) in [6, 6.07) is 15.9. The normalized spacial score (nSPS) is 10.6. The molecule has 0 saturated heterocycles. The summed E-state index contributed by atoms with van der Waals surface area (Å²) in [5.74, 6) is -1.31. The number of ether oxygens (including phenoxy) is 7. The van der Waals surface area contributed by atoms with Crippen LogP contribution in [0.4, 0.5) is 0 Å². The van der Waals surface area contributed by atoms with Crippen LogP contribution in [0.5, 0.6) is 28.7 Å². The summed E-state index contributed by atoms with van der Waals surface area (Å²) in [4.78, 5) is 49.6. The molecule has 11 nitrogen and oxygen atoms in total. The zero-order chi connectivity index (χ0) is 36.8. The molecule has 0 saturated carbocycles. The third kappa shape index (κ3) is 11.3. The molecule has 0 spiro atoms. The van der Waals surface area contributed by atoms with Crippen molar-refractivity contribution in [2.75, 3.05) is 34.0 Å². The van der Waals surface area contributed by atoms with Crippen LogP contribution in [0.25, 0.3) is 17.2 Å². The van der Waals surface area contributed by atoms with E-state index in [-0.39, 0.29) is 59.4 Å². The fourth-order valence-electron chi connectivity index (χ4n) is 3.93. The largest absolute Gasteiger partial charge is 0.490 e. The molecule has 0 radical (unpaired) electrons. The SMILES string of the molecule is C=C(C)C(=O)Oc1ccc(OC/C=C/c2cc(OC(=O)C(=C)COC)c(-c3ccc(OC(=O)C(=C)C)cc3)cc2OC(=O)C(=C)COC)cc1. The molecule has 0 aliphatic rings. The Kier molecular flexibility index (Phi) is 14.2. The van der Waals surface area contributed by atoms with Crippen molar-refractivity contribution >= 4 is 30.0 Å². The van der Waals surface area contributed by atoms with E-state index in [1.54, 1.807) is 67.6 Å². The highest BCUT2D eigenvalue weighted by Gasteiger charge is 2.20. The van der Waals surface area contributed by atoms with Gasteiger partial charge in [0.25, 0.3) is 0 Å². The highest BCUT2D eigenvalue weighted by Crippen LogP contribution is 2.38. The molecule has 0 unspecified atom stereocenters. The van der Waals surface area contributed by atoms with Crippen molar-refractivity contribution in [1.29, 1.82) is 0 Å². The van der Waals surface area contributed by atoms with E-state index in [9.17, 15) is 19.2 Å². The third-order valence-corrected chi connectivity index (χ3v) is 6.48. The van der Waals surface area contributed by atoms with Gasteiger partial charge in [-0.3, -0.25) is 0 Å². The quantitative estimate of drug-likeness (QED) is 0.0864. The Morgan fingerprint density at radius 2 is 1.06 bits per heavy atom. The maximum Gasteiger partial charge on any atom is 0.341 e. The summed E-state index contributed by atoms with van der Waals surface area (Å²) in [6.45, 7) is 17.6. The Labute approximate surface area is 290 Å². The van der Waals surface area contributed by atoms with E-state index in [0.29, 0.717) is 28.2 Å². The molecule has 0 fully saturated rings. The van der Waals surface area contributed by atoms with Gasteiger partial charge in [0.2, 0.25) is 0 Å². The van der Waals surface area contributed by atoms with Gasteiger partial charge in [-0.25, -0.2) is 19.2 Å². The monoisotopic (exact) mass is 682 g/mol. The molecule has 11 heteroatoms. The number of rotatable bonds is 17. The molecule has 0 aliphatic heterocycles. The van der Waals surface area contributed by atoms with Crippen LogP contribution >= 0.6 is 0 Å². The van der Waals surface area contributed by atoms with Gasteiger partial charge < -0.3 is 33.2 Å². The number of benzene rings is 3. The maximum atomic E-state index is 12.9. The summed E-state index contributed by atoms with van der Waals surface area (Å²) in [6.07, 6.45) is 3.28. The van der Waals surface area contributed by atoms with Crippen LogP contribution in [0.1, 0.15) is 19.4 Å². The van der Waals surface area contributed by atoms with E-state index >= 15 is 0 Å². The van der Waals surface area contributed by atoms with Gasteiger partial charge in [-0.1, -0.05) is 44.5 Å². The van der Waals surface area contributed by atoms with Crippen LogP contribution in [0.15, 0.2) is 115 Å². The number of carbonyl (C=O) groups excluding carboxylic acids is 4.